The minimum atomic E-state index is -4.39. The zero-order valence-electron chi connectivity index (χ0n) is 37.5. The van der Waals surface area contributed by atoms with E-state index in [0.717, 1.165) is 72.0 Å². The Labute approximate surface area is 395 Å². The summed E-state index contributed by atoms with van der Waals surface area (Å²) in [5.41, 5.74) is 4.36. The number of anilines is 4. The monoisotopic (exact) mass is 962 g/mol. The summed E-state index contributed by atoms with van der Waals surface area (Å²) in [7, 11) is 0. The second kappa shape index (κ2) is 19.5. The molecule has 360 valence electrons. The van der Waals surface area contributed by atoms with E-state index in [4.69, 9.17) is 0 Å². The van der Waals surface area contributed by atoms with Crippen LogP contribution in [0.1, 0.15) is 120 Å². The molecule has 2 aliphatic carbocycles. The van der Waals surface area contributed by atoms with Gasteiger partial charge >= 0.3 is 12.4 Å². The number of rotatable bonds is 12. The van der Waals surface area contributed by atoms with Crippen molar-refractivity contribution in [2.75, 3.05) is 10.6 Å². The molecule has 0 radical (unpaired) electrons. The summed E-state index contributed by atoms with van der Waals surface area (Å²) in [4.78, 5) is 60.0. The normalized spacial score (nSPS) is 15.0. The number of carbonyl (C=O) groups is 2. The molecule has 8 aromatic rings. The number of fused-ring (bicyclic) bond motifs is 2. The standard InChI is InChI=1S/2C24H22F3N7O/c2*1-14(19-10-30-22(12-29-19)33-16-7-5-15(6-8-16)24(25,26)27)32-23(35)18-9-21-20(11-28-18)31-13-34(21)17-3-2-4-17/h2*5-14,17H,2-4H2,1H3,(H,30,33)(H,32,35)/t2*14-/m10/s1. The number of halogens is 6. The highest BCUT2D eigenvalue weighted by Crippen LogP contribution is 2.36. The van der Waals surface area contributed by atoms with Gasteiger partial charge in [-0.15, -0.1) is 0 Å². The van der Waals surface area contributed by atoms with Crippen LogP contribution in [0.4, 0.5) is 49.4 Å². The van der Waals surface area contributed by atoms with Crippen LogP contribution in [-0.2, 0) is 12.4 Å². The highest BCUT2D eigenvalue weighted by Gasteiger charge is 2.31. The first kappa shape index (κ1) is 47.0. The first-order valence-corrected chi connectivity index (χ1v) is 22.3. The first-order chi connectivity index (χ1) is 33.6. The molecule has 70 heavy (non-hydrogen) atoms. The van der Waals surface area contributed by atoms with Gasteiger partial charge in [0.2, 0.25) is 0 Å². The van der Waals surface area contributed by atoms with Crippen LogP contribution in [0, 0.1) is 0 Å². The predicted octanol–water partition coefficient (Wildman–Crippen LogP) is 10.4. The highest BCUT2D eigenvalue weighted by molar-refractivity contribution is 5.96. The maximum Gasteiger partial charge on any atom is 0.416 e. The molecule has 0 aliphatic heterocycles. The van der Waals surface area contributed by atoms with Crippen LogP contribution < -0.4 is 21.3 Å². The molecule has 2 aliphatic rings. The van der Waals surface area contributed by atoms with E-state index in [2.05, 4.69) is 70.3 Å². The number of alkyl halides is 6. The summed E-state index contributed by atoms with van der Waals surface area (Å²) in [5.74, 6) is 0.0517. The number of aromatic nitrogens is 10. The van der Waals surface area contributed by atoms with Gasteiger partial charge in [0.1, 0.15) is 34.1 Å². The highest BCUT2D eigenvalue weighted by atomic mass is 19.4. The quantitative estimate of drug-likeness (QED) is 0.0848. The van der Waals surface area contributed by atoms with Crippen LogP contribution in [0.3, 0.4) is 0 Å². The van der Waals surface area contributed by atoms with Crippen molar-refractivity contribution in [2.24, 2.45) is 0 Å². The van der Waals surface area contributed by atoms with Crippen LogP contribution >= 0.6 is 0 Å². The van der Waals surface area contributed by atoms with E-state index in [-0.39, 0.29) is 11.8 Å². The number of nitrogens with zero attached hydrogens (tertiary/aromatic N) is 10. The fourth-order valence-corrected chi connectivity index (χ4v) is 7.74. The van der Waals surface area contributed by atoms with E-state index in [9.17, 15) is 35.9 Å². The van der Waals surface area contributed by atoms with Gasteiger partial charge in [-0.25, -0.2) is 29.9 Å². The molecular weight excluding hydrogens is 919 g/mol. The predicted molar refractivity (Wildman–Crippen MR) is 246 cm³/mol. The van der Waals surface area contributed by atoms with Gasteiger partial charge in [-0.1, -0.05) is 0 Å². The lowest BCUT2D eigenvalue weighted by atomic mass is 9.93. The molecule has 0 saturated heterocycles. The fourth-order valence-electron chi connectivity index (χ4n) is 7.74. The Morgan fingerprint density at radius 3 is 1.23 bits per heavy atom. The largest absolute Gasteiger partial charge is 0.416 e. The Morgan fingerprint density at radius 1 is 0.529 bits per heavy atom. The van der Waals surface area contributed by atoms with Crippen molar-refractivity contribution < 1.29 is 35.9 Å². The van der Waals surface area contributed by atoms with Gasteiger partial charge in [-0.3, -0.25) is 19.6 Å². The van der Waals surface area contributed by atoms with Crippen molar-refractivity contribution in [2.45, 2.75) is 88.9 Å². The van der Waals surface area contributed by atoms with Crippen molar-refractivity contribution >= 4 is 56.9 Å². The van der Waals surface area contributed by atoms with Gasteiger partial charge in [0, 0.05) is 23.5 Å². The van der Waals surface area contributed by atoms with E-state index in [0.29, 0.717) is 57.9 Å². The number of nitrogens with one attached hydrogen (secondary N) is 4. The van der Waals surface area contributed by atoms with Crippen molar-refractivity contribution in [1.82, 2.24) is 59.6 Å². The molecule has 4 N–H and O–H groups in total. The van der Waals surface area contributed by atoms with Crippen molar-refractivity contribution in [1.29, 1.82) is 0 Å². The van der Waals surface area contributed by atoms with Crippen LogP contribution in [0.2, 0.25) is 0 Å². The molecule has 6 aromatic heterocycles. The van der Waals surface area contributed by atoms with Crippen LogP contribution in [0.25, 0.3) is 22.1 Å². The zero-order chi connectivity index (χ0) is 49.2. The minimum Gasteiger partial charge on any atom is -0.343 e. The molecule has 10 rings (SSSR count). The summed E-state index contributed by atoms with van der Waals surface area (Å²) >= 11 is 0. The van der Waals surface area contributed by atoms with E-state index >= 15 is 0 Å². The lowest BCUT2D eigenvalue weighted by molar-refractivity contribution is -0.138. The second-order valence-electron chi connectivity index (χ2n) is 17.0. The van der Waals surface area contributed by atoms with Crippen molar-refractivity contribution in [3.05, 3.63) is 144 Å². The van der Waals surface area contributed by atoms with Gasteiger partial charge in [0.05, 0.1) is 95.5 Å². The van der Waals surface area contributed by atoms with Gasteiger partial charge in [0.15, 0.2) is 0 Å². The molecule has 16 nitrogen and oxygen atoms in total. The number of pyridine rings is 2. The number of hydrogen-bond donors (Lipinski definition) is 4. The summed E-state index contributed by atoms with van der Waals surface area (Å²) < 4.78 is 80.4. The smallest absolute Gasteiger partial charge is 0.343 e. The summed E-state index contributed by atoms with van der Waals surface area (Å²) in [6, 6.07) is 12.7. The molecule has 2 fully saturated rings. The maximum atomic E-state index is 12.8. The van der Waals surface area contributed by atoms with Crippen LogP contribution in [-0.4, -0.2) is 60.8 Å². The molecule has 0 spiro atoms. The number of carbonyl (C=O) groups excluding carboxylic acids is 2. The molecule has 2 atom stereocenters. The third kappa shape index (κ3) is 10.6. The summed E-state index contributed by atoms with van der Waals surface area (Å²) in [6.45, 7) is 3.56. The molecule has 0 bridgehead atoms. The molecule has 2 aromatic carbocycles. The Morgan fingerprint density at radius 2 is 0.914 bits per heavy atom. The number of benzene rings is 2. The maximum absolute atomic E-state index is 12.8. The van der Waals surface area contributed by atoms with E-state index in [1.165, 1.54) is 61.9 Å². The minimum absolute atomic E-state index is 0.291. The van der Waals surface area contributed by atoms with E-state index < -0.39 is 35.6 Å². The van der Waals surface area contributed by atoms with E-state index in [1.807, 2.05) is 0 Å². The second-order valence-corrected chi connectivity index (χ2v) is 17.0. The Hall–Kier alpha value is -8.04. The SMILES string of the molecule is C[C@@H](NC(=O)c1cc2c(cn1)ncn2C1CCC1)c1cnc(Nc2ccc(C(F)(F)F)cc2)cn1.C[C@H](NC(=O)c1cc2c(cn1)ncn2C1CCC1)c1cnc(Nc2ccc(C(F)(F)F)cc2)cn1. The number of hydrogen-bond acceptors (Lipinski definition) is 12. The Bertz CT molecular complexity index is 2900. The molecular formula is C48H44F6N14O2. The lowest BCUT2D eigenvalue weighted by Gasteiger charge is -2.27. The molecule has 6 heterocycles. The van der Waals surface area contributed by atoms with Gasteiger partial charge in [0.25, 0.3) is 11.8 Å². The van der Waals surface area contributed by atoms with Crippen molar-refractivity contribution in [3.8, 4) is 0 Å². The Kier molecular flexibility index (Phi) is 13.1. The van der Waals surface area contributed by atoms with Gasteiger partial charge in [-0.2, -0.15) is 26.3 Å². The van der Waals surface area contributed by atoms with E-state index in [1.54, 1.807) is 51.0 Å². The molecule has 22 heteroatoms. The van der Waals surface area contributed by atoms with Crippen LogP contribution in [0.15, 0.2) is 110 Å². The number of amides is 2. The van der Waals surface area contributed by atoms with Gasteiger partial charge < -0.3 is 30.4 Å². The molecule has 2 amide bonds. The third-order valence-electron chi connectivity index (χ3n) is 12.2. The lowest BCUT2D eigenvalue weighted by Crippen LogP contribution is -2.28. The number of imidazole rings is 2. The molecule has 0 unspecified atom stereocenters. The molecule has 2 saturated carbocycles. The average molecular weight is 963 g/mol. The van der Waals surface area contributed by atoms with Crippen molar-refractivity contribution in [3.63, 3.8) is 0 Å². The first-order valence-electron chi connectivity index (χ1n) is 22.3. The zero-order valence-corrected chi connectivity index (χ0v) is 37.5. The topological polar surface area (TPSA) is 195 Å². The third-order valence-corrected chi connectivity index (χ3v) is 12.2. The van der Waals surface area contributed by atoms with Crippen LogP contribution in [0.5, 0.6) is 0 Å². The fraction of sp³-hybridized carbons (Fsp3) is 0.292. The van der Waals surface area contributed by atoms with Gasteiger partial charge in [-0.05, 0) is 113 Å². The average Bonchev–Trinajstić information content (AvgIpc) is 3.92. The summed E-state index contributed by atoms with van der Waals surface area (Å²) in [5, 5.41) is 11.6. The summed E-state index contributed by atoms with van der Waals surface area (Å²) in [6.07, 6.45) is 10.8. The Balaban J connectivity index is 0.000000174.